The van der Waals surface area contributed by atoms with E-state index in [-0.39, 0.29) is 10.8 Å². The number of rotatable bonds is 7. The molecule has 3 aromatic carbocycles. The summed E-state index contributed by atoms with van der Waals surface area (Å²) >= 11 is 2.17. The van der Waals surface area contributed by atoms with Gasteiger partial charge in [-0.15, -0.1) is 0 Å². The summed E-state index contributed by atoms with van der Waals surface area (Å²) in [5.74, 6) is 0.410. The van der Waals surface area contributed by atoms with Crippen LogP contribution in [0.3, 0.4) is 0 Å². The van der Waals surface area contributed by atoms with Crippen LogP contribution in [0.25, 0.3) is 0 Å². The fourth-order valence-electron chi connectivity index (χ4n) is 2.52. The second-order valence-corrected chi connectivity index (χ2v) is 8.98. The van der Waals surface area contributed by atoms with Crippen molar-refractivity contribution in [2.45, 2.75) is 11.8 Å². The van der Waals surface area contributed by atoms with Gasteiger partial charge in [0.2, 0.25) is 0 Å². The zero-order chi connectivity index (χ0) is 20.9. The monoisotopic (exact) mass is 522 g/mol. The van der Waals surface area contributed by atoms with Gasteiger partial charge in [0.1, 0.15) is 5.75 Å². The van der Waals surface area contributed by atoms with E-state index in [2.05, 4.69) is 32.6 Å². The zero-order valence-electron chi connectivity index (χ0n) is 15.6. The van der Waals surface area contributed by atoms with Gasteiger partial charge in [0.15, 0.2) is 0 Å². The van der Waals surface area contributed by atoms with Gasteiger partial charge in [0, 0.05) is 20.5 Å². The maximum atomic E-state index is 12.6. The first kappa shape index (κ1) is 21.1. The summed E-state index contributed by atoms with van der Waals surface area (Å²) in [6.45, 7) is 2.42. The van der Waals surface area contributed by atoms with E-state index in [0.29, 0.717) is 29.3 Å². The molecule has 0 aliphatic heterocycles. The van der Waals surface area contributed by atoms with Crippen LogP contribution in [0.2, 0.25) is 0 Å². The first-order chi connectivity index (χ1) is 13.9. The molecule has 6 nitrogen and oxygen atoms in total. The van der Waals surface area contributed by atoms with Crippen LogP contribution in [0, 0.1) is 3.57 Å². The Morgan fingerprint density at radius 2 is 1.48 bits per heavy atom. The largest absolute Gasteiger partial charge is 0.494 e. The highest BCUT2D eigenvalue weighted by atomic mass is 127. The lowest BCUT2D eigenvalue weighted by molar-refractivity contribution is 0.102. The minimum atomic E-state index is -3.74. The van der Waals surface area contributed by atoms with Crippen LogP contribution >= 0.6 is 22.6 Å². The number of ether oxygens (including phenoxy) is 1. The van der Waals surface area contributed by atoms with Crippen LogP contribution in [-0.2, 0) is 10.0 Å². The van der Waals surface area contributed by atoms with Gasteiger partial charge in [0.25, 0.3) is 15.9 Å². The molecule has 3 rings (SSSR count). The smallest absolute Gasteiger partial charge is 0.261 e. The molecule has 0 saturated carbocycles. The topological polar surface area (TPSA) is 84.5 Å². The average molecular weight is 522 g/mol. The normalized spacial score (nSPS) is 11.0. The van der Waals surface area contributed by atoms with Crippen molar-refractivity contribution >= 4 is 49.9 Å². The highest BCUT2D eigenvalue weighted by Crippen LogP contribution is 2.21. The molecule has 150 valence electrons. The molecule has 8 heteroatoms. The summed E-state index contributed by atoms with van der Waals surface area (Å²) in [5.41, 5.74) is 1.47. The SMILES string of the molecule is CCOc1ccc(NS(=O)(=O)c2ccc(NC(=O)c3ccc(I)cc3)cc2)cc1. The quantitative estimate of drug-likeness (QED) is 0.439. The third kappa shape index (κ3) is 5.70. The molecular formula is C21H19IN2O4S. The predicted octanol–water partition coefficient (Wildman–Crippen LogP) is 4.74. The molecule has 1 amide bonds. The van der Waals surface area contributed by atoms with Crippen molar-refractivity contribution in [2.24, 2.45) is 0 Å². The van der Waals surface area contributed by atoms with Gasteiger partial charge in [-0.1, -0.05) is 0 Å². The van der Waals surface area contributed by atoms with Crippen LogP contribution in [0.15, 0.2) is 77.7 Å². The Morgan fingerprint density at radius 1 is 0.897 bits per heavy atom. The van der Waals surface area contributed by atoms with Crippen molar-refractivity contribution in [3.8, 4) is 5.75 Å². The fourth-order valence-corrected chi connectivity index (χ4v) is 3.94. The average Bonchev–Trinajstić information content (AvgIpc) is 2.70. The molecule has 0 bridgehead atoms. The number of anilines is 2. The Morgan fingerprint density at radius 3 is 2.07 bits per heavy atom. The van der Waals surface area contributed by atoms with Gasteiger partial charge in [-0.25, -0.2) is 8.42 Å². The summed E-state index contributed by atoms with van der Waals surface area (Å²) in [4.78, 5) is 12.4. The maximum absolute atomic E-state index is 12.6. The number of hydrogen-bond donors (Lipinski definition) is 2. The molecule has 0 aromatic heterocycles. The van der Waals surface area contributed by atoms with E-state index in [9.17, 15) is 13.2 Å². The van der Waals surface area contributed by atoms with E-state index >= 15 is 0 Å². The Labute approximate surface area is 183 Å². The van der Waals surface area contributed by atoms with E-state index in [1.807, 2.05) is 19.1 Å². The van der Waals surface area contributed by atoms with Crippen LogP contribution in [0.1, 0.15) is 17.3 Å². The standard InChI is InChI=1S/C21H19IN2O4S/c1-2-28-19-11-7-18(8-12-19)24-29(26,27)20-13-9-17(10-14-20)23-21(25)15-3-5-16(22)6-4-15/h3-14,24H,2H2,1H3,(H,23,25). The first-order valence-corrected chi connectivity index (χ1v) is 11.4. The minimum absolute atomic E-state index is 0.0960. The Balaban J connectivity index is 1.68. The number of benzene rings is 3. The van der Waals surface area contributed by atoms with Crippen molar-refractivity contribution in [2.75, 3.05) is 16.6 Å². The third-order valence-corrected chi connectivity index (χ3v) is 6.06. The van der Waals surface area contributed by atoms with Crippen molar-refractivity contribution < 1.29 is 17.9 Å². The molecule has 0 saturated heterocycles. The lowest BCUT2D eigenvalue weighted by Crippen LogP contribution is -2.14. The molecule has 0 radical (unpaired) electrons. The lowest BCUT2D eigenvalue weighted by atomic mass is 10.2. The van der Waals surface area contributed by atoms with Crippen LogP contribution in [-0.4, -0.2) is 20.9 Å². The predicted molar refractivity (Wildman–Crippen MR) is 122 cm³/mol. The maximum Gasteiger partial charge on any atom is 0.261 e. The molecule has 0 fully saturated rings. The highest BCUT2D eigenvalue weighted by Gasteiger charge is 2.15. The molecule has 0 spiro atoms. The molecule has 0 atom stereocenters. The van der Waals surface area contributed by atoms with Crippen molar-refractivity contribution in [3.05, 3.63) is 81.9 Å². The number of halogens is 1. The Bertz CT molecular complexity index is 1080. The Kier molecular flexibility index (Phi) is 6.75. The second kappa shape index (κ2) is 9.27. The Hall–Kier alpha value is -2.59. The molecule has 0 unspecified atom stereocenters. The van der Waals surface area contributed by atoms with E-state index in [0.717, 1.165) is 3.57 Å². The van der Waals surface area contributed by atoms with E-state index in [1.54, 1.807) is 48.5 Å². The van der Waals surface area contributed by atoms with Gasteiger partial charge in [0.05, 0.1) is 11.5 Å². The number of nitrogens with one attached hydrogen (secondary N) is 2. The molecule has 3 aromatic rings. The van der Waals surface area contributed by atoms with Gasteiger partial charge >= 0.3 is 0 Å². The number of carbonyl (C=O) groups is 1. The van der Waals surface area contributed by atoms with Crippen LogP contribution in [0.4, 0.5) is 11.4 Å². The minimum Gasteiger partial charge on any atom is -0.494 e. The van der Waals surface area contributed by atoms with Crippen molar-refractivity contribution in [1.29, 1.82) is 0 Å². The van der Waals surface area contributed by atoms with Gasteiger partial charge in [-0.05, 0) is 102 Å². The lowest BCUT2D eigenvalue weighted by Gasteiger charge is -2.10. The van der Waals surface area contributed by atoms with Crippen molar-refractivity contribution in [1.82, 2.24) is 0 Å². The zero-order valence-corrected chi connectivity index (χ0v) is 18.5. The van der Waals surface area contributed by atoms with E-state index in [1.165, 1.54) is 12.1 Å². The number of carbonyl (C=O) groups excluding carboxylic acids is 1. The molecule has 0 aliphatic rings. The molecule has 29 heavy (non-hydrogen) atoms. The van der Waals surface area contributed by atoms with Crippen LogP contribution in [0.5, 0.6) is 5.75 Å². The molecular weight excluding hydrogens is 503 g/mol. The van der Waals surface area contributed by atoms with Gasteiger partial charge < -0.3 is 10.1 Å². The highest BCUT2D eigenvalue weighted by molar-refractivity contribution is 14.1. The van der Waals surface area contributed by atoms with Gasteiger partial charge in [-0.3, -0.25) is 9.52 Å². The number of sulfonamides is 1. The number of hydrogen-bond acceptors (Lipinski definition) is 4. The van der Waals surface area contributed by atoms with Crippen molar-refractivity contribution in [3.63, 3.8) is 0 Å². The summed E-state index contributed by atoms with van der Waals surface area (Å²) in [7, 11) is -3.74. The fraction of sp³-hybridized carbons (Fsp3) is 0.0952. The first-order valence-electron chi connectivity index (χ1n) is 8.80. The molecule has 0 heterocycles. The van der Waals surface area contributed by atoms with E-state index < -0.39 is 10.0 Å². The summed E-state index contributed by atoms with van der Waals surface area (Å²) in [6.07, 6.45) is 0. The summed E-state index contributed by atoms with van der Waals surface area (Å²) in [6, 6.07) is 19.8. The second-order valence-electron chi connectivity index (χ2n) is 6.05. The third-order valence-electron chi connectivity index (χ3n) is 3.95. The summed E-state index contributed by atoms with van der Waals surface area (Å²) < 4.78 is 34.0. The molecule has 0 aliphatic carbocycles. The summed E-state index contributed by atoms with van der Waals surface area (Å²) in [5, 5.41) is 2.75. The van der Waals surface area contributed by atoms with E-state index in [4.69, 9.17) is 4.74 Å². The van der Waals surface area contributed by atoms with Gasteiger partial charge in [-0.2, -0.15) is 0 Å². The number of amides is 1. The van der Waals surface area contributed by atoms with Crippen LogP contribution < -0.4 is 14.8 Å². The molecule has 2 N–H and O–H groups in total.